The molecule has 1 aliphatic rings. The quantitative estimate of drug-likeness (QED) is 0.777. The van der Waals surface area contributed by atoms with Gasteiger partial charge in [0.1, 0.15) is 5.69 Å². The normalized spacial score (nSPS) is 15.5. The van der Waals surface area contributed by atoms with Gasteiger partial charge in [0, 0.05) is 19.3 Å². The fourth-order valence-electron chi connectivity index (χ4n) is 2.67. The van der Waals surface area contributed by atoms with Crippen molar-refractivity contribution in [2.24, 2.45) is 0 Å². The third-order valence-corrected chi connectivity index (χ3v) is 4.05. The molecule has 7 nitrogen and oxygen atoms in total. The van der Waals surface area contributed by atoms with E-state index in [4.69, 9.17) is 4.74 Å². The fourth-order valence-corrected chi connectivity index (χ4v) is 2.67. The fraction of sp³-hybridized carbons (Fsp3) is 0.625. The number of morpholine rings is 1. The van der Waals surface area contributed by atoms with E-state index in [1.165, 1.54) is 4.68 Å². The van der Waals surface area contributed by atoms with Gasteiger partial charge in [0.15, 0.2) is 0 Å². The first-order valence-electron chi connectivity index (χ1n) is 8.62. The molecule has 0 saturated carbocycles. The first-order chi connectivity index (χ1) is 12.5. The van der Waals surface area contributed by atoms with Crippen molar-refractivity contribution in [3.63, 3.8) is 0 Å². The van der Waals surface area contributed by atoms with Crippen LogP contribution in [0.15, 0.2) is 12.3 Å². The van der Waals surface area contributed by atoms with E-state index in [9.17, 15) is 13.2 Å². The number of hydrogen-bond acceptors (Lipinski definition) is 6. The number of aromatic nitrogens is 5. The highest BCUT2D eigenvalue weighted by atomic mass is 19.4. The van der Waals surface area contributed by atoms with E-state index in [2.05, 4.69) is 27.2 Å². The van der Waals surface area contributed by atoms with Crippen LogP contribution in [0.4, 0.5) is 19.1 Å². The third kappa shape index (κ3) is 4.69. The minimum absolute atomic E-state index is 0.0736. The number of halogens is 3. The van der Waals surface area contributed by atoms with Crippen LogP contribution in [0.1, 0.15) is 36.8 Å². The van der Waals surface area contributed by atoms with Crippen LogP contribution in [-0.4, -0.2) is 51.3 Å². The molecule has 0 amide bonds. The Morgan fingerprint density at radius 1 is 1.15 bits per heavy atom. The molecule has 3 heterocycles. The van der Waals surface area contributed by atoms with E-state index in [-0.39, 0.29) is 18.2 Å². The van der Waals surface area contributed by atoms with Crippen molar-refractivity contribution in [3.05, 3.63) is 29.3 Å². The zero-order chi connectivity index (χ0) is 18.6. The second-order valence-corrected chi connectivity index (χ2v) is 6.15. The first kappa shape index (κ1) is 18.6. The number of unbranched alkanes of at least 4 members (excludes halogenated alkanes) is 1. The number of aryl methyl sites for hydroxylation is 1. The molecule has 26 heavy (non-hydrogen) atoms. The van der Waals surface area contributed by atoms with Crippen LogP contribution in [-0.2, 0) is 23.9 Å². The largest absolute Gasteiger partial charge is 0.433 e. The number of hydrogen-bond donors (Lipinski definition) is 0. The van der Waals surface area contributed by atoms with Crippen molar-refractivity contribution in [3.8, 4) is 0 Å². The summed E-state index contributed by atoms with van der Waals surface area (Å²) in [7, 11) is 0. The molecule has 2 aromatic rings. The zero-order valence-corrected chi connectivity index (χ0v) is 14.5. The molecule has 10 heteroatoms. The summed E-state index contributed by atoms with van der Waals surface area (Å²) in [5, 5.41) is 8.04. The molecule has 0 aliphatic carbocycles. The Kier molecular flexibility index (Phi) is 5.70. The number of rotatable bonds is 6. The molecular weight excluding hydrogens is 349 g/mol. The van der Waals surface area contributed by atoms with Crippen LogP contribution >= 0.6 is 0 Å². The minimum Gasteiger partial charge on any atom is -0.378 e. The van der Waals surface area contributed by atoms with Crippen molar-refractivity contribution in [2.75, 3.05) is 31.2 Å². The van der Waals surface area contributed by atoms with E-state index in [0.29, 0.717) is 26.3 Å². The second kappa shape index (κ2) is 7.98. The lowest BCUT2D eigenvalue weighted by Crippen LogP contribution is -2.38. The Labute approximate surface area is 149 Å². The average molecular weight is 370 g/mol. The van der Waals surface area contributed by atoms with E-state index in [1.54, 1.807) is 11.1 Å². The van der Waals surface area contributed by atoms with Crippen molar-refractivity contribution in [1.29, 1.82) is 0 Å². The number of anilines is 1. The van der Waals surface area contributed by atoms with Crippen molar-refractivity contribution in [2.45, 2.75) is 38.9 Å². The molecule has 1 fully saturated rings. The zero-order valence-electron chi connectivity index (χ0n) is 14.5. The monoisotopic (exact) mass is 370 g/mol. The van der Waals surface area contributed by atoms with Gasteiger partial charge in [0.2, 0.25) is 5.95 Å². The van der Waals surface area contributed by atoms with Gasteiger partial charge in [-0.05, 0) is 18.9 Å². The van der Waals surface area contributed by atoms with Crippen LogP contribution < -0.4 is 4.90 Å². The lowest BCUT2D eigenvalue weighted by molar-refractivity contribution is -0.141. The Bertz CT molecular complexity index is 727. The highest BCUT2D eigenvalue weighted by molar-refractivity contribution is 5.34. The molecule has 0 bridgehead atoms. The summed E-state index contributed by atoms with van der Waals surface area (Å²) in [6, 6.07) is 0.970. The highest BCUT2D eigenvalue weighted by Crippen LogP contribution is 2.29. The molecular formula is C16H21F3N6O. The third-order valence-electron chi connectivity index (χ3n) is 4.05. The standard InChI is InChI=1S/C16H21F3N6O/c1-2-3-4-12-10-25(23-22-12)11-13-9-14(16(17,18)19)21-15(20-13)24-5-7-26-8-6-24/h9-10H,2-8,11H2,1H3. The van der Waals surface area contributed by atoms with E-state index in [0.717, 1.165) is 31.0 Å². The molecule has 0 N–H and O–H groups in total. The molecule has 3 rings (SSSR count). The number of ether oxygens (including phenoxy) is 1. The highest BCUT2D eigenvalue weighted by Gasteiger charge is 2.34. The van der Waals surface area contributed by atoms with Crippen LogP contribution in [0.3, 0.4) is 0 Å². The lowest BCUT2D eigenvalue weighted by atomic mass is 10.2. The van der Waals surface area contributed by atoms with Gasteiger partial charge in [-0.15, -0.1) is 5.10 Å². The summed E-state index contributed by atoms with van der Waals surface area (Å²) < 4.78 is 46.4. The number of nitrogens with zero attached hydrogens (tertiary/aromatic N) is 6. The predicted molar refractivity (Wildman–Crippen MR) is 87.8 cm³/mol. The number of alkyl halides is 3. The maximum atomic E-state index is 13.2. The van der Waals surface area contributed by atoms with Crippen LogP contribution in [0.25, 0.3) is 0 Å². The molecule has 0 radical (unpaired) electrons. The first-order valence-corrected chi connectivity index (χ1v) is 8.62. The summed E-state index contributed by atoms with van der Waals surface area (Å²) >= 11 is 0. The van der Waals surface area contributed by atoms with Crippen molar-refractivity contribution in [1.82, 2.24) is 25.0 Å². The Balaban J connectivity index is 1.84. The Hall–Kier alpha value is -2.23. The summed E-state index contributed by atoms with van der Waals surface area (Å²) in [5.41, 5.74) is 0.126. The molecule has 1 aliphatic heterocycles. The van der Waals surface area contributed by atoms with E-state index >= 15 is 0 Å². The van der Waals surface area contributed by atoms with Crippen molar-refractivity contribution >= 4 is 5.95 Å². The van der Waals surface area contributed by atoms with Gasteiger partial charge in [-0.3, -0.25) is 0 Å². The second-order valence-electron chi connectivity index (χ2n) is 6.15. The summed E-state index contributed by atoms with van der Waals surface area (Å²) in [6.07, 6.45) is 0.0438. The molecule has 0 unspecified atom stereocenters. The summed E-state index contributed by atoms with van der Waals surface area (Å²) in [4.78, 5) is 9.72. The predicted octanol–water partition coefficient (Wildman–Crippen LogP) is 2.31. The SMILES string of the molecule is CCCCc1cn(Cc2cc(C(F)(F)F)nc(N3CCOCC3)n2)nn1. The van der Waals surface area contributed by atoms with Gasteiger partial charge in [-0.25, -0.2) is 14.6 Å². The molecule has 0 aromatic carbocycles. The summed E-state index contributed by atoms with van der Waals surface area (Å²) in [6.45, 7) is 4.01. The van der Waals surface area contributed by atoms with Crippen LogP contribution in [0.5, 0.6) is 0 Å². The van der Waals surface area contributed by atoms with E-state index in [1.807, 2.05) is 0 Å². The van der Waals surface area contributed by atoms with Crippen LogP contribution in [0, 0.1) is 0 Å². The summed E-state index contributed by atoms with van der Waals surface area (Å²) in [5.74, 6) is 0.0736. The van der Waals surface area contributed by atoms with Crippen molar-refractivity contribution < 1.29 is 17.9 Å². The topological polar surface area (TPSA) is 69.0 Å². The molecule has 1 saturated heterocycles. The molecule has 0 spiro atoms. The van der Waals surface area contributed by atoms with Gasteiger partial charge in [0.05, 0.1) is 31.1 Å². The minimum atomic E-state index is -4.53. The van der Waals surface area contributed by atoms with Gasteiger partial charge in [-0.1, -0.05) is 18.6 Å². The van der Waals surface area contributed by atoms with E-state index < -0.39 is 11.9 Å². The maximum Gasteiger partial charge on any atom is 0.433 e. The van der Waals surface area contributed by atoms with Gasteiger partial charge >= 0.3 is 6.18 Å². The van der Waals surface area contributed by atoms with Gasteiger partial charge < -0.3 is 9.64 Å². The van der Waals surface area contributed by atoms with Gasteiger partial charge in [0.25, 0.3) is 0 Å². The Morgan fingerprint density at radius 2 is 1.92 bits per heavy atom. The molecule has 0 atom stereocenters. The maximum absolute atomic E-state index is 13.2. The smallest absolute Gasteiger partial charge is 0.378 e. The average Bonchev–Trinajstić information content (AvgIpc) is 3.07. The van der Waals surface area contributed by atoms with Gasteiger partial charge in [-0.2, -0.15) is 13.2 Å². The Morgan fingerprint density at radius 3 is 2.62 bits per heavy atom. The lowest BCUT2D eigenvalue weighted by Gasteiger charge is -2.27. The molecule has 2 aromatic heterocycles. The van der Waals surface area contributed by atoms with Crippen LogP contribution in [0.2, 0.25) is 0 Å². The molecule has 142 valence electrons.